The molecule has 0 radical (unpaired) electrons. The van der Waals surface area contributed by atoms with Crippen LogP contribution in [0.4, 0.5) is 0 Å². The van der Waals surface area contributed by atoms with Crippen LogP contribution < -0.4 is 5.56 Å². The number of aromatic nitrogens is 3. The number of halogens is 1. The van der Waals surface area contributed by atoms with E-state index in [0.717, 1.165) is 0 Å². The number of amides is 1. The van der Waals surface area contributed by atoms with Crippen LogP contribution in [0, 0.1) is 17.2 Å². The highest BCUT2D eigenvalue weighted by molar-refractivity contribution is 6.31. The first-order chi connectivity index (χ1) is 15.0. The van der Waals surface area contributed by atoms with E-state index in [-0.39, 0.29) is 17.5 Å². The lowest BCUT2D eigenvalue weighted by Crippen LogP contribution is -2.41. The summed E-state index contributed by atoms with van der Waals surface area (Å²) in [6.07, 6.45) is 3.99. The summed E-state index contributed by atoms with van der Waals surface area (Å²) in [7, 11) is 0. The van der Waals surface area contributed by atoms with Crippen LogP contribution in [0.1, 0.15) is 34.9 Å². The molecule has 9 heteroatoms. The Labute approximate surface area is 182 Å². The molecule has 156 valence electrons. The second-order valence-electron chi connectivity index (χ2n) is 7.39. The van der Waals surface area contributed by atoms with E-state index in [1.807, 2.05) is 6.07 Å². The lowest BCUT2D eigenvalue weighted by atomic mass is 9.85. The third kappa shape index (κ3) is 4.18. The van der Waals surface area contributed by atoms with E-state index in [2.05, 4.69) is 15.0 Å². The molecule has 31 heavy (non-hydrogen) atoms. The minimum absolute atomic E-state index is 0.0149. The number of nitriles is 1. The van der Waals surface area contributed by atoms with Crippen LogP contribution in [0.25, 0.3) is 10.9 Å². The average Bonchev–Trinajstić information content (AvgIpc) is 2.79. The van der Waals surface area contributed by atoms with E-state index < -0.39 is 17.4 Å². The lowest BCUT2D eigenvalue weighted by molar-refractivity contribution is -0.124. The Kier molecular flexibility index (Phi) is 5.78. The molecule has 1 atom stereocenters. The first kappa shape index (κ1) is 20.7. The van der Waals surface area contributed by atoms with Gasteiger partial charge in [0.25, 0.3) is 11.5 Å². The number of benzene rings is 1. The van der Waals surface area contributed by atoms with E-state index in [4.69, 9.17) is 11.6 Å². The van der Waals surface area contributed by atoms with E-state index in [9.17, 15) is 19.6 Å². The molecule has 0 bridgehead atoms. The second kappa shape index (κ2) is 8.66. The monoisotopic (exact) mass is 435 g/mol. The molecule has 1 aliphatic heterocycles. The Morgan fingerprint density at radius 2 is 2.03 bits per heavy atom. The van der Waals surface area contributed by atoms with Gasteiger partial charge in [-0.1, -0.05) is 11.6 Å². The Morgan fingerprint density at radius 3 is 2.71 bits per heavy atom. The molecule has 1 amide bonds. The summed E-state index contributed by atoms with van der Waals surface area (Å²) in [5.74, 6) is -2.01. The van der Waals surface area contributed by atoms with E-state index in [1.165, 1.54) is 12.3 Å². The minimum Gasteiger partial charge on any atom is -0.339 e. The third-order valence-electron chi connectivity index (χ3n) is 5.47. The van der Waals surface area contributed by atoms with Gasteiger partial charge in [-0.2, -0.15) is 5.26 Å². The zero-order valence-corrected chi connectivity index (χ0v) is 17.2. The van der Waals surface area contributed by atoms with Crippen LogP contribution in [-0.2, 0) is 4.79 Å². The Bertz CT molecular complexity index is 1240. The standard InChI is InChI=1S/C22H18ClN5O3/c23-15-3-4-16-18(10-15)26-20(27-21(16)30)17(11-24)19(29)13-5-8-28(9-6-13)22(31)14-2-1-7-25-12-14/h1-4,7,10,12-13,17H,5-6,8-9H2,(H,26,27,30)/t17-/m0/s1. The van der Waals surface area contributed by atoms with Crippen LogP contribution in [-0.4, -0.2) is 44.6 Å². The van der Waals surface area contributed by atoms with Gasteiger partial charge in [0.05, 0.1) is 22.5 Å². The van der Waals surface area contributed by atoms with Gasteiger partial charge >= 0.3 is 0 Å². The number of likely N-dealkylation sites (tertiary alicyclic amines) is 1. The Morgan fingerprint density at radius 1 is 1.26 bits per heavy atom. The molecule has 2 aromatic heterocycles. The molecular formula is C22H18ClN5O3. The van der Waals surface area contributed by atoms with Crippen molar-refractivity contribution in [1.29, 1.82) is 5.26 Å². The maximum atomic E-state index is 13.1. The number of piperidine rings is 1. The van der Waals surface area contributed by atoms with Gasteiger partial charge < -0.3 is 9.88 Å². The predicted octanol–water partition coefficient (Wildman–Crippen LogP) is 2.70. The smallest absolute Gasteiger partial charge is 0.258 e. The average molecular weight is 436 g/mol. The van der Waals surface area contributed by atoms with Crippen molar-refractivity contribution in [2.75, 3.05) is 13.1 Å². The van der Waals surface area contributed by atoms with Crippen molar-refractivity contribution in [2.24, 2.45) is 5.92 Å². The number of ketones is 1. The molecule has 3 aromatic rings. The first-order valence-electron chi connectivity index (χ1n) is 9.80. The Balaban J connectivity index is 1.50. The molecule has 8 nitrogen and oxygen atoms in total. The first-order valence-corrected chi connectivity index (χ1v) is 10.2. The molecule has 4 rings (SSSR count). The number of aromatic amines is 1. The largest absolute Gasteiger partial charge is 0.339 e. The summed E-state index contributed by atoms with van der Waals surface area (Å²) in [5, 5.41) is 10.4. The van der Waals surface area contributed by atoms with Gasteiger partial charge in [0.15, 0.2) is 11.7 Å². The van der Waals surface area contributed by atoms with E-state index >= 15 is 0 Å². The van der Waals surface area contributed by atoms with Crippen LogP contribution in [0.15, 0.2) is 47.5 Å². The number of hydrogen-bond donors (Lipinski definition) is 1. The normalized spacial score (nSPS) is 15.4. The fraction of sp³-hybridized carbons (Fsp3) is 0.273. The summed E-state index contributed by atoms with van der Waals surface area (Å²) in [4.78, 5) is 50.5. The lowest BCUT2D eigenvalue weighted by Gasteiger charge is -2.31. The summed E-state index contributed by atoms with van der Waals surface area (Å²) in [6.45, 7) is 0.805. The quantitative estimate of drug-likeness (QED) is 0.672. The van der Waals surface area contributed by atoms with Crippen LogP contribution in [0.5, 0.6) is 0 Å². The number of nitrogens with one attached hydrogen (secondary N) is 1. The molecule has 0 aliphatic carbocycles. The molecule has 1 aliphatic rings. The molecule has 0 unspecified atom stereocenters. The van der Waals surface area contributed by atoms with E-state index in [0.29, 0.717) is 47.4 Å². The van der Waals surface area contributed by atoms with Gasteiger partial charge in [-0.25, -0.2) is 4.98 Å². The van der Waals surface area contributed by atoms with Crippen molar-refractivity contribution in [3.05, 3.63) is 69.5 Å². The molecule has 1 N–H and O–H groups in total. The van der Waals surface area contributed by atoms with Crippen LogP contribution in [0.2, 0.25) is 5.02 Å². The van der Waals surface area contributed by atoms with Crippen LogP contribution >= 0.6 is 11.6 Å². The van der Waals surface area contributed by atoms with Crippen molar-refractivity contribution in [3.63, 3.8) is 0 Å². The number of carbonyl (C=O) groups is 2. The van der Waals surface area contributed by atoms with Gasteiger partial charge in [-0.05, 0) is 43.2 Å². The number of H-pyrrole nitrogens is 1. The molecule has 3 heterocycles. The highest BCUT2D eigenvalue weighted by atomic mass is 35.5. The number of Topliss-reactive ketones (excluding diaryl/α,β-unsaturated/α-hetero) is 1. The maximum absolute atomic E-state index is 13.1. The number of carbonyl (C=O) groups excluding carboxylic acids is 2. The van der Waals surface area contributed by atoms with Crippen molar-refractivity contribution in [1.82, 2.24) is 19.9 Å². The Hall–Kier alpha value is -3.57. The number of pyridine rings is 1. The van der Waals surface area contributed by atoms with E-state index in [1.54, 1.807) is 35.4 Å². The molecule has 1 saturated heterocycles. The summed E-state index contributed by atoms with van der Waals surface area (Å²) >= 11 is 5.98. The maximum Gasteiger partial charge on any atom is 0.258 e. The van der Waals surface area contributed by atoms with Crippen LogP contribution in [0.3, 0.4) is 0 Å². The third-order valence-corrected chi connectivity index (χ3v) is 5.70. The molecule has 0 saturated carbocycles. The summed E-state index contributed by atoms with van der Waals surface area (Å²) < 4.78 is 0. The molecular weight excluding hydrogens is 418 g/mol. The number of nitrogens with zero attached hydrogens (tertiary/aromatic N) is 4. The summed E-state index contributed by atoms with van der Waals surface area (Å²) in [6, 6.07) is 10.0. The number of fused-ring (bicyclic) bond motifs is 1. The van der Waals surface area contributed by atoms with Gasteiger partial charge in [0, 0.05) is 36.4 Å². The summed E-state index contributed by atoms with van der Waals surface area (Å²) in [5.41, 5.74) is 0.400. The molecule has 1 aromatic carbocycles. The fourth-order valence-corrected chi connectivity index (χ4v) is 3.97. The van der Waals surface area contributed by atoms with Crippen molar-refractivity contribution in [3.8, 4) is 6.07 Å². The van der Waals surface area contributed by atoms with Crippen molar-refractivity contribution in [2.45, 2.75) is 18.8 Å². The van der Waals surface area contributed by atoms with Gasteiger partial charge in [-0.3, -0.25) is 19.4 Å². The fourth-order valence-electron chi connectivity index (χ4n) is 3.80. The SMILES string of the molecule is N#C[C@@H](C(=O)C1CCN(C(=O)c2cccnc2)CC1)c1nc2cc(Cl)ccc2c(=O)[nH]1. The van der Waals surface area contributed by atoms with Gasteiger partial charge in [0.2, 0.25) is 0 Å². The zero-order chi connectivity index (χ0) is 22.0. The predicted molar refractivity (Wildman–Crippen MR) is 114 cm³/mol. The number of hydrogen-bond acceptors (Lipinski definition) is 6. The van der Waals surface area contributed by atoms with Crippen molar-refractivity contribution >= 4 is 34.2 Å². The number of rotatable bonds is 4. The molecule has 0 spiro atoms. The second-order valence-corrected chi connectivity index (χ2v) is 7.82. The topological polar surface area (TPSA) is 120 Å². The minimum atomic E-state index is -1.19. The zero-order valence-electron chi connectivity index (χ0n) is 16.4. The van der Waals surface area contributed by atoms with Gasteiger partial charge in [-0.15, -0.1) is 0 Å². The molecule has 1 fully saturated rings. The van der Waals surface area contributed by atoms with Gasteiger partial charge in [0.1, 0.15) is 5.82 Å². The highest BCUT2D eigenvalue weighted by Gasteiger charge is 2.34. The van der Waals surface area contributed by atoms with Crippen molar-refractivity contribution < 1.29 is 9.59 Å². The highest BCUT2D eigenvalue weighted by Crippen LogP contribution is 2.26.